The Morgan fingerprint density at radius 3 is 2.66 bits per heavy atom. The van der Waals surface area contributed by atoms with Crippen LogP contribution in [0, 0.1) is 13.8 Å². The smallest absolute Gasteiger partial charge is 0.410 e. The van der Waals surface area contributed by atoms with Gasteiger partial charge in [0.25, 0.3) is 0 Å². The van der Waals surface area contributed by atoms with E-state index in [9.17, 15) is 9.59 Å². The van der Waals surface area contributed by atoms with Gasteiger partial charge in [0, 0.05) is 6.20 Å². The van der Waals surface area contributed by atoms with Crippen LogP contribution >= 0.6 is 0 Å². The number of nitrogens with one attached hydrogen (secondary N) is 1. The first-order valence-corrected chi connectivity index (χ1v) is 9.43. The molecule has 2 aliphatic rings. The lowest BCUT2D eigenvalue weighted by atomic mass is 10.0. The molecule has 0 saturated carbocycles. The van der Waals surface area contributed by atoms with Crippen LogP contribution in [0.15, 0.2) is 41.8 Å². The number of ether oxygens (including phenoxy) is 1. The van der Waals surface area contributed by atoms with E-state index in [0.717, 1.165) is 16.8 Å². The van der Waals surface area contributed by atoms with Crippen molar-refractivity contribution < 1.29 is 14.3 Å². The van der Waals surface area contributed by atoms with Gasteiger partial charge in [-0.05, 0) is 19.4 Å². The van der Waals surface area contributed by atoms with Gasteiger partial charge in [0.05, 0.1) is 49.0 Å². The fraction of sp³-hybridized carbons (Fsp3) is 0.350. The molecule has 2 aliphatic heterocycles. The van der Waals surface area contributed by atoms with Crippen molar-refractivity contribution in [1.29, 1.82) is 0 Å². The minimum Gasteiger partial charge on any atom is -0.448 e. The molecule has 1 unspecified atom stereocenters. The van der Waals surface area contributed by atoms with E-state index in [-0.39, 0.29) is 31.3 Å². The van der Waals surface area contributed by atoms with Crippen LogP contribution in [-0.2, 0) is 11.3 Å². The van der Waals surface area contributed by atoms with Gasteiger partial charge in [0.1, 0.15) is 6.61 Å². The Morgan fingerprint density at radius 1 is 1.21 bits per heavy atom. The maximum absolute atomic E-state index is 12.7. The van der Waals surface area contributed by atoms with E-state index < -0.39 is 0 Å². The normalized spacial score (nSPS) is 18.6. The third kappa shape index (κ3) is 4.03. The molecule has 1 aromatic heterocycles. The second kappa shape index (κ2) is 7.86. The Kier molecular flexibility index (Phi) is 5.11. The van der Waals surface area contributed by atoms with Gasteiger partial charge in [-0.1, -0.05) is 29.8 Å². The number of carbonyl (C=O) groups excluding carboxylic acids is 2. The fourth-order valence-electron chi connectivity index (χ4n) is 3.29. The molecule has 9 heteroatoms. The van der Waals surface area contributed by atoms with E-state index in [1.165, 1.54) is 5.01 Å². The lowest BCUT2D eigenvalue weighted by Gasteiger charge is -2.23. The van der Waals surface area contributed by atoms with Crippen molar-refractivity contribution >= 4 is 17.8 Å². The zero-order valence-corrected chi connectivity index (χ0v) is 16.3. The zero-order chi connectivity index (χ0) is 20.4. The summed E-state index contributed by atoms with van der Waals surface area (Å²) in [6, 6.07) is 7.16. The Bertz CT molecular complexity index is 942. The number of nitrogens with zero attached hydrogens (tertiary/aromatic N) is 5. The number of carbonyl (C=O) groups is 2. The van der Waals surface area contributed by atoms with Gasteiger partial charge < -0.3 is 10.1 Å². The van der Waals surface area contributed by atoms with E-state index in [0.29, 0.717) is 24.6 Å². The number of amides is 3. The third-order valence-electron chi connectivity index (χ3n) is 4.90. The Morgan fingerprint density at radius 2 is 2.00 bits per heavy atom. The number of hydrogen-bond donors (Lipinski definition) is 1. The number of cyclic esters (lactones) is 1. The van der Waals surface area contributed by atoms with E-state index in [4.69, 9.17) is 4.74 Å². The Hall–Kier alpha value is -3.49. The van der Waals surface area contributed by atoms with Gasteiger partial charge in [-0.2, -0.15) is 5.10 Å². The molecule has 150 valence electrons. The zero-order valence-electron chi connectivity index (χ0n) is 16.3. The van der Waals surface area contributed by atoms with E-state index in [1.807, 2.05) is 38.1 Å². The fourth-order valence-corrected chi connectivity index (χ4v) is 3.29. The molecular weight excluding hydrogens is 372 g/mol. The monoisotopic (exact) mass is 394 g/mol. The molecule has 1 fully saturated rings. The standard InChI is InChI=1S/C20H22N6O3/c1-13-3-5-15(6-4-13)18-17(25-7-8-29-20(25)28)12-26(24-18)19(27)23-11-16-10-21-14(2)9-22-16/h3-6,9-10,17H,7-8,11-12H2,1-2H3,(H,23,27). The number of urea groups is 1. The maximum Gasteiger partial charge on any atom is 0.410 e. The average molecular weight is 394 g/mol. The molecule has 0 spiro atoms. The van der Waals surface area contributed by atoms with Gasteiger partial charge >= 0.3 is 12.1 Å². The molecule has 3 heterocycles. The molecule has 1 atom stereocenters. The van der Waals surface area contributed by atoms with Gasteiger partial charge in [0.15, 0.2) is 0 Å². The highest BCUT2D eigenvalue weighted by molar-refractivity contribution is 6.07. The highest BCUT2D eigenvalue weighted by Crippen LogP contribution is 2.22. The summed E-state index contributed by atoms with van der Waals surface area (Å²) in [5.74, 6) is 0. The number of aromatic nitrogens is 2. The quantitative estimate of drug-likeness (QED) is 0.853. The van der Waals surface area contributed by atoms with Crippen LogP contribution in [0.2, 0.25) is 0 Å². The van der Waals surface area contributed by atoms with Crippen molar-refractivity contribution in [3.8, 4) is 0 Å². The molecule has 2 aromatic rings. The van der Waals surface area contributed by atoms with Crippen LogP contribution in [-0.4, -0.2) is 63.5 Å². The number of rotatable bonds is 4. The largest absolute Gasteiger partial charge is 0.448 e. The summed E-state index contributed by atoms with van der Waals surface area (Å²) >= 11 is 0. The molecule has 3 amide bonds. The first-order chi connectivity index (χ1) is 14.0. The molecule has 1 saturated heterocycles. The summed E-state index contributed by atoms with van der Waals surface area (Å²) in [6.45, 7) is 5.18. The van der Waals surface area contributed by atoms with Crippen molar-refractivity contribution in [2.45, 2.75) is 26.4 Å². The van der Waals surface area contributed by atoms with Crippen molar-refractivity contribution in [2.24, 2.45) is 5.10 Å². The summed E-state index contributed by atoms with van der Waals surface area (Å²) in [4.78, 5) is 34.8. The average Bonchev–Trinajstić information content (AvgIpc) is 3.34. The molecule has 0 aliphatic carbocycles. The first-order valence-electron chi connectivity index (χ1n) is 9.43. The van der Waals surface area contributed by atoms with Gasteiger partial charge in [-0.15, -0.1) is 0 Å². The van der Waals surface area contributed by atoms with Crippen molar-refractivity contribution in [3.05, 3.63) is 59.2 Å². The highest BCUT2D eigenvalue weighted by atomic mass is 16.6. The Balaban J connectivity index is 1.52. The van der Waals surface area contributed by atoms with E-state index in [1.54, 1.807) is 17.3 Å². The van der Waals surface area contributed by atoms with Crippen molar-refractivity contribution in [3.63, 3.8) is 0 Å². The van der Waals surface area contributed by atoms with E-state index >= 15 is 0 Å². The van der Waals surface area contributed by atoms with Crippen LogP contribution in [0.3, 0.4) is 0 Å². The minimum absolute atomic E-state index is 0.244. The Labute approximate surface area is 168 Å². The predicted molar refractivity (Wildman–Crippen MR) is 105 cm³/mol. The number of hydrogen-bond acceptors (Lipinski definition) is 6. The van der Waals surface area contributed by atoms with E-state index in [2.05, 4.69) is 20.4 Å². The lowest BCUT2D eigenvalue weighted by molar-refractivity contribution is 0.151. The summed E-state index contributed by atoms with van der Waals surface area (Å²) in [5, 5.41) is 8.69. The van der Waals surface area contributed by atoms with Gasteiger partial charge in [-0.3, -0.25) is 14.9 Å². The topological polar surface area (TPSA) is 100 Å². The molecule has 9 nitrogen and oxygen atoms in total. The second-order valence-electron chi connectivity index (χ2n) is 7.06. The first kappa shape index (κ1) is 18.9. The molecule has 1 N–H and O–H groups in total. The van der Waals surface area contributed by atoms with Gasteiger partial charge in [0.2, 0.25) is 0 Å². The lowest BCUT2D eigenvalue weighted by Crippen LogP contribution is -2.45. The van der Waals surface area contributed by atoms with Crippen LogP contribution in [0.25, 0.3) is 0 Å². The van der Waals surface area contributed by atoms with Crippen LogP contribution in [0.1, 0.15) is 22.5 Å². The molecular formula is C20H22N6O3. The van der Waals surface area contributed by atoms with Crippen LogP contribution < -0.4 is 5.32 Å². The SMILES string of the molecule is Cc1ccc(C2=NN(C(=O)NCc3cnc(C)cn3)CC2N2CCOC2=O)cc1. The molecule has 0 radical (unpaired) electrons. The summed E-state index contributed by atoms with van der Waals surface area (Å²) in [6.07, 6.45) is 2.90. The molecule has 4 rings (SSSR count). The molecule has 1 aromatic carbocycles. The van der Waals surface area contributed by atoms with Crippen LogP contribution in [0.5, 0.6) is 0 Å². The second-order valence-corrected chi connectivity index (χ2v) is 7.06. The predicted octanol–water partition coefficient (Wildman–Crippen LogP) is 1.84. The minimum atomic E-state index is -0.382. The third-order valence-corrected chi connectivity index (χ3v) is 4.90. The van der Waals surface area contributed by atoms with Crippen molar-refractivity contribution in [2.75, 3.05) is 19.7 Å². The summed E-state index contributed by atoms with van der Waals surface area (Å²) in [5.41, 5.74) is 4.14. The maximum atomic E-state index is 12.7. The van der Waals surface area contributed by atoms with Crippen molar-refractivity contribution in [1.82, 2.24) is 25.2 Å². The number of benzene rings is 1. The highest BCUT2D eigenvalue weighted by Gasteiger charge is 2.40. The van der Waals surface area contributed by atoms with Crippen LogP contribution in [0.4, 0.5) is 9.59 Å². The number of hydrazone groups is 1. The van der Waals surface area contributed by atoms with Gasteiger partial charge in [-0.25, -0.2) is 14.6 Å². The summed E-state index contributed by atoms with van der Waals surface area (Å²) < 4.78 is 5.09. The summed E-state index contributed by atoms with van der Waals surface area (Å²) in [7, 11) is 0. The molecule has 0 bridgehead atoms. The number of aryl methyl sites for hydroxylation is 2. The molecule has 29 heavy (non-hydrogen) atoms.